The van der Waals surface area contributed by atoms with Crippen LogP contribution in [-0.4, -0.2) is 46.9 Å². The number of rotatable bonds is 4. The van der Waals surface area contributed by atoms with Gasteiger partial charge in [-0.2, -0.15) is 0 Å². The van der Waals surface area contributed by atoms with Crippen LogP contribution in [0.2, 0.25) is 0 Å². The molecule has 6 heteroatoms. The average Bonchev–Trinajstić information content (AvgIpc) is 2.78. The fourth-order valence-corrected chi connectivity index (χ4v) is 2.32. The lowest BCUT2D eigenvalue weighted by Gasteiger charge is -2.22. The van der Waals surface area contributed by atoms with Crippen molar-refractivity contribution in [3.63, 3.8) is 0 Å². The Morgan fingerprint density at radius 3 is 1.91 bits per heavy atom. The maximum Gasteiger partial charge on any atom is 0.262 e. The zero-order valence-corrected chi connectivity index (χ0v) is 13.5. The van der Waals surface area contributed by atoms with E-state index in [1.807, 2.05) is 0 Å². The summed E-state index contributed by atoms with van der Waals surface area (Å²) in [7, 11) is 1.52. The average molecular weight is 314 g/mol. The number of carbonyl (C=O) groups is 4. The van der Waals surface area contributed by atoms with E-state index >= 15 is 0 Å². The monoisotopic (exact) mass is 314 g/mol. The van der Waals surface area contributed by atoms with Crippen molar-refractivity contribution in [3.8, 4) is 0 Å². The van der Waals surface area contributed by atoms with Gasteiger partial charge in [0, 0.05) is 18.3 Å². The summed E-state index contributed by atoms with van der Waals surface area (Å²) in [6.45, 7) is 4.34. The molecule has 1 aromatic carbocycles. The van der Waals surface area contributed by atoms with E-state index in [-0.39, 0.29) is 12.3 Å². The summed E-state index contributed by atoms with van der Waals surface area (Å²) in [4.78, 5) is 50.5. The minimum absolute atomic E-state index is 0.136. The zero-order chi connectivity index (χ0) is 17.3. The smallest absolute Gasteiger partial charge is 0.262 e. The van der Waals surface area contributed by atoms with Crippen molar-refractivity contribution in [1.82, 2.24) is 9.80 Å². The number of hydrogen-bond acceptors (Lipinski definition) is 4. The second-order valence-corrected chi connectivity index (χ2v) is 5.46. The fourth-order valence-electron chi connectivity index (χ4n) is 2.32. The normalized spacial score (nSPS) is 14.5. The summed E-state index contributed by atoms with van der Waals surface area (Å²) in [6, 6.07) is 6.47. The Hall–Kier alpha value is -2.76. The molecule has 0 spiro atoms. The fraction of sp³-hybridized carbons (Fsp3) is 0.294. The number of ketones is 1. The van der Waals surface area contributed by atoms with Gasteiger partial charge in [0.2, 0.25) is 5.91 Å². The van der Waals surface area contributed by atoms with Gasteiger partial charge in [0.25, 0.3) is 11.8 Å². The second kappa shape index (κ2) is 6.16. The van der Waals surface area contributed by atoms with E-state index in [4.69, 9.17) is 0 Å². The number of likely N-dealkylation sites (N-methyl/N-ethyl adjacent to an activating group) is 1. The minimum atomic E-state index is -0.475. The molecule has 120 valence electrons. The lowest BCUT2D eigenvalue weighted by molar-refractivity contribution is -0.128. The summed E-state index contributed by atoms with van der Waals surface area (Å²) in [5, 5.41) is 0. The first-order valence-corrected chi connectivity index (χ1v) is 7.16. The van der Waals surface area contributed by atoms with E-state index in [1.54, 1.807) is 38.1 Å². The standard InChI is InChI=1S/C17H18N2O4/c1-10(12(3)20)11(2)18(4)15(21)9-19-16(22)13-7-5-6-8-14(13)17(19)23/h5-8H,9H2,1-4H3/b11-10-. The largest absolute Gasteiger partial charge is 0.318 e. The molecule has 1 aliphatic heterocycles. The first-order valence-electron chi connectivity index (χ1n) is 7.16. The molecule has 0 saturated carbocycles. The highest BCUT2D eigenvalue weighted by Crippen LogP contribution is 2.22. The van der Waals surface area contributed by atoms with Gasteiger partial charge < -0.3 is 4.90 Å². The molecular formula is C17H18N2O4. The zero-order valence-electron chi connectivity index (χ0n) is 13.5. The maximum absolute atomic E-state index is 12.3. The number of benzene rings is 1. The highest BCUT2D eigenvalue weighted by Gasteiger charge is 2.36. The summed E-state index contributed by atoms with van der Waals surface area (Å²) in [5.41, 5.74) is 1.57. The topological polar surface area (TPSA) is 74.8 Å². The quantitative estimate of drug-likeness (QED) is 0.625. The molecule has 1 heterocycles. The van der Waals surface area contributed by atoms with Gasteiger partial charge in [-0.05, 0) is 32.9 Å². The Kier molecular flexibility index (Phi) is 4.45. The van der Waals surface area contributed by atoms with Gasteiger partial charge >= 0.3 is 0 Å². The van der Waals surface area contributed by atoms with Crippen LogP contribution >= 0.6 is 0 Å². The number of hydrogen-bond donors (Lipinski definition) is 0. The lowest BCUT2D eigenvalue weighted by Crippen LogP contribution is -2.40. The van der Waals surface area contributed by atoms with E-state index in [9.17, 15) is 19.2 Å². The SMILES string of the molecule is CC(=O)/C(C)=C(/C)N(C)C(=O)CN1C(=O)c2ccccc2C1=O. The van der Waals surface area contributed by atoms with E-state index in [1.165, 1.54) is 18.9 Å². The predicted molar refractivity (Wildman–Crippen MR) is 83.6 cm³/mol. The van der Waals surface area contributed by atoms with Gasteiger partial charge in [0.15, 0.2) is 5.78 Å². The maximum atomic E-state index is 12.3. The Morgan fingerprint density at radius 2 is 1.48 bits per heavy atom. The number of imide groups is 1. The first-order chi connectivity index (χ1) is 10.8. The molecule has 0 unspecified atom stereocenters. The van der Waals surface area contributed by atoms with E-state index < -0.39 is 17.7 Å². The molecule has 0 aliphatic carbocycles. The van der Waals surface area contributed by atoms with Crippen LogP contribution in [0.4, 0.5) is 0 Å². The van der Waals surface area contributed by atoms with Crippen LogP contribution in [0.15, 0.2) is 35.5 Å². The molecule has 1 aliphatic rings. The van der Waals surface area contributed by atoms with Gasteiger partial charge in [-0.25, -0.2) is 0 Å². The molecule has 3 amide bonds. The van der Waals surface area contributed by atoms with Crippen molar-refractivity contribution in [2.45, 2.75) is 20.8 Å². The van der Waals surface area contributed by atoms with Crippen molar-refractivity contribution in [2.75, 3.05) is 13.6 Å². The van der Waals surface area contributed by atoms with Crippen LogP contribution in [0, 0.1) is 0 Å². The highest BCUT2D eigenvalue weighted by atomic mass is 16.2. The molecule has 0 bridgehead atoms. The third-order valence-electron chi connectivity index (χ3n) is 4.12. The minimum Gasteiger partial charge on any atom is -0.318 e. The third kappa shape index (κ3) is 2.92. The number of nitrogens with zero attached hydrogens (tertiary/aromatic N) is 2. The van der Waals surface area contributed by atoms with Crippen molar-refractivity contribution >= 4 is 23.5 Å². The number of Topliss-reactive ketones (excluding diaryl/α,β-unsaturated/α-hetero) is 1. The molecule has 0 atom stereocenters. The van der Waals surface area contributed by atoms with Gasteiger partial charge in [0.05, 0.1) is 11.1 Å². The molecule has 0 aromatic heterocycles. The number of amides is 3. The number of allylic oxidation sites excluding steroid dienone is 2. The predicted octanol–water partition coefficient (Wildman–Crippen LogP) is 1.62. The molecular weight excluding hydrogens is 296 g/mol. The van der Waals surface area contributed by atoms with Gasteiger partial charge in [-0.3, -0.25) is 24.1 Å². The summed E-state index contributed by atoms with van der Waals surface area (Å²) in [6.07, 6.45) is 0. The van der Waals surface area contributed by atoms with Crippen LogP contribution in [0.1, 0.15) is 41.5 Å². The van der Waals surface area contributed by atoms with E-state index in [0.717, 1.165) is 4.90 Å². The molecule has 0 saturated heterocycles. The third-order valence-corrected chi connectivity index (χ3v) is 4.12. The molecule has 0 radical (unpaired) electrons. The molecule has 23 heavy (non-hydrogen) atoms. The summed E-state index contributed by atoms with van der Waals surface area (Å²) < 4.78 is 0. The molecule has 2 rings (SSSR count). The van der Waals surface area contributed by atoms with Crippen molar-refractivity contribution in [1.29, 1.82) is 0 Å². The Labute approximate surface area is 134 Å². The molecule has 1 aromatic rings. The van der Waals surface area contributed by atoms with Gasteiger partial charge in [-0.1, -0.05) is 12.1 Å². The molecule has 0 N–H and O–H groups in total. The van der Waals surface area contributed by atoms with E-state index in [0.29, 0.717) is 22.4 Å². The van der Waals surface area contributed by atoms with E-state index in [2.05, 4.69) is 0 Å². The lowest BCUT2D eigenvalue weighted by atomic mass is 10.1. The summed E-state index contributed by atoms with van der Waals surface area (Å²) in [5.74, 6) is -1.52. The van der Waals surface area contributed by atoms with Gasteiger partial charge in [-0.15, -0.1) is 0 Å². The van der Waals surface area contributed by atoms with Crippen LogP contribution < -0.4 is 0 Å². The summed E-state index contributed by atoms with van der Waals surface area (Å²) >= 11 is 0. The molecule has 6 nitrogen and oxygen atoms in total. The highest BCUT2D eigenvalue weighted by molar-refractivity contribution is 6.22. The van der Waals surface area contributed by atoms with Crippen LogP contribution in [0.3, 0.4) is 0 Å². The second-order valence-electron chi connectivity index (χ2n) is 5.46. The van der Waals surface area contributed by atoms with Crippen LogP contribution in [-0.2, 0) is 9.59 Å². The van der Waals surface area contributed by atoms with Crippen LogP contribution in [0.5, 0.6) is 0 Å². The van der Waals surface area contributed by atoms with Gasteiger partial charge in [0.1, 0.15) is 6.54 Å². The number of fused-ring (bicyclic) bond motifs is 1. The number of carbonyl (C=O) groups excluding carboxylic acids is 4. The Morgan fingerprint density at radius 1 is 1.00 bits per heavy atom. The molecule has 0 fully saturated rings. The van der Waals surface area contributed by atoms with Crippen LogP contribution in [0.25, 0.3) is 0 Å². The van der Waals surface area contributed by atoms with Crippen molar-refractivity contribution < 1.29 is 19.2 Å². The van der Waals surface area contributed by atoms with Crippen molar-refractivity contribution in [2.24, 2.45) is 0 Å². The first kappa shape index (κ1) is 16.6. The Bertz CT molecular complexity index is 714. The Balaban J connectivity index is 2.19. The van der Waals surface area contributed by atoms with Crippen molar-refractivity contribution in [3.05, 3.63) is 46.7 Å².